The van der Waals surface area contributed by atoms with Crippen molar-refractivity contribution in [2.45, 2.75) is 41.5 Å². The molecule has 0 N–H and O–H groups in total. The van der Waals surface area contributed by atoms with Crippen LogP contribution in [0.15, 0.2) is 0 Å². The van der Waals surface area contributed by atoms with Crippen LogP contribution in [0.3, 0.4) is 0 Å². The maximum absolute atomic E-state index is 2.39. The molecule has 2 atom stereocenters. The molecule has 1 aliphatic rings. The van der Waals surface area contributed by atoms with Crippen LogP contribution in [0.1, 0.15) is 41.5 Å². The van der Waals surface area contributed by atoms with E-state index in [1.54, 1.807) is 0 Å². The van der Waals surface area contributed by atoms with E-state index in [0.29, 0.717) is 10.8 Å². The Labute approximate surface area is 65.0 Å². The zero-order valence-corrected chi connectivity index (χ0v) is 8.15. The molecule has 2 unspecified atom stereocenters. The fourth-order valence-electron chi connectivity index (χ4n) is 2.33. The van der Waals surface area contributed by atoms with Gasteiger partial charge in [0, 0.05) is 0 Å². The van der Waals surface area contributed by atoms with Gasteiger partial charge in [0.25, 0.3) is 0 Å². The summed E-state index contributed by atoms with van der Waals surface area (Å²) in [6.45, 7) is 14.3. The topological polar surface area (TPSA) is 0 Å². The van der Waals surface area contributed by atoms with Crippen molar-refractivity contribution in [2.75, 3.05) is 0 Å². The first-order valence-corrected chi connectivity index (χ1v) is 4.32. The summed E-state index contributed by atoms with van der Waals surface area (Å²) in [5, 5.41) is 0. The molecule has 0 amide bonds. The van der Waals surface area contributed by atoms with Gasteiger partial charge in [-0.1, -0.05) is 41.5 Å². The number of rotatable bonds is 0. The van der Waals surface area contributed by atoms with Gasteiger partial charge in [-0.25, -0.2) is 0 Å². The van der Waals surface area contributed by atoms with Crippen molar-refractivity contribution in [1.29, 1.82) is 0 Å². The monoisotopic (exact) mass is 140 g/mol. The molecule has 0 saturated heterocycles. The highest BCUT2D eigenvalue weighted by molar-refractivity contribution is 5.05. The van der Waals surface area contributed by atoms with E-state index in [2.05, 4.69) is 41.5 Å². The molecular weight excluding hydrogens is 120 g/mol. The maximum atomic E-state index is 2.39. The van der Waals surface area contributed by atoms with Crippen LogP contribution in [-0.4, -0.2) is 0 Å². The largest absolute Gasteiger partial charge is 0.0617 e. The quantitative estimate of drug-likeness (QED) is 0.484. The van der Waals surface area contributed by atoms with E-state index < -0.39 is 0 Å². The lowest BCUT2D eigenvalue weighted by Crippen LogP contribution is -2.57. The summed E-state index contributed by atoms with van der Waals surface area (Å²) >= 11 is 0. The van der Waals surface area contributed by atoms with E-state index in [4.69, 9.17) is 0 Å². The zero-order valence-electron chi connectivity index (χ0n) is 8.15. The van der Waals surface area contributed by atoms with Gasteiger partial charge in [0.1, 0.15) is 0 Å². The number of hydrogen-bond donors (Lipinski definition) is 0. The lowest BCUT2D eigenvalue weighted by atomic mass is 9.42. The van der Waals surface area contributed by atoms with Crippen LogP contribution in [-0.2, 0) is 0 Å². The Kier molecular flexibility index (Phi) is 1.44. The summed E-state index contributed by atoms with van der Waals surface area (Å²) in [4.78, 5) is 0. The minimum atomic E-state index is 0.548. The lowest BCUT2D eigenvalue weighted by molar-refractivity contribution is -0.148. The predicted octanol–water partition coefficient (Wildman–Crippen LogP) is 3.32. The molecule has 1 rings (SSSR count). The molecule has 0 aromatic carbocycles. The predicted molar refractivity (Wildman–Crippen MR) is 45.9 cm³/mol. The van der Waals surface area contributed by atoms with Gasteiger partial charge in [-0.15, -0.1) is 0 Å². The van der Waals surface area contributed by atoms with Crippen LogP contribution in [0.2, 0.25) is 0 Å². The third-order valence-corrected chi connectivity index (χ3v) is 4.69. The average Bonchev–Trinajstić information content (AvgIpc) is 1.84. The van der Waals surface area contributed by atoms with Crippen molar-refractivity contribution in [2.24, 2.45) is 22.7 Å². The molecule has 10 heavy (non-hydrogen) atoms. The second kappa shape index (κ2) is 1.78. The van der Waals surface area contributed by atoms with Gasteiger partial charge in [0.2, 0.25) is 0 Å². The standard InChI is InChI=1S/C10H20/c1-7-8(2)10(5,6)9(7,3)4/h7-8H,1-6H3. The van der Waals surface area contributed by atoms with Gasteiger partial charge < -0.3 is 0 Å². The SMILES string of the molecule is CC1C(C)C(C)(C)C1(C)C. The van der Waals surface area contributed by atoms with Gasteiger partial charge in [-0.3, -0.25) is 0 Å². The van der Waals surface area contributed by atoms with Crippen molar-refractivity contribution < 1.29 is 0 Å². The van der Waals surface area contributed by atoms with Crippen molar-refractivity contribution in [1.82, 2.24) is 0 Å². The highest BCUT2D eigenvalue weighted by Gasteiger charge is 2.56. The van der Waals surface area contributed by atoms with Gasteiger partial charge in [-0.2, -0.15) is 0 Å². The lowest BCUT2D eigenvalue weighted by Gasteiger charge is -2.63. The Balaban J connectivity index is 2.82. The van der Waals surface area contributed by atoms with Crippen LogP contribution >= 0.6 is 0 Å². The van der Waals surface area contributed by atoms with Crippen LogP contribution in [0, 0.1) is 22.7 Å². The van der Waals surface area contributed by atoms with E-state index in [9.17, 15) is 0 Å². The van der Waals surface area contributed by atoms with E-state index in [-0.39, 0.29) is 0 Å². The number of hydrogen-bond acceptors (Lipinski definition) is 0. The van der Waals surface area contributed by atoms with Crippen LogP contribution in [0.4, 0.5) is 0 Å². The Morgan fingerprint density at radius 2 is 0.900 bits per heavy atom. The third kappa shape index (κ3) is 0.627. The first-order valence-electron chi connectivity index (χ1n) is 4.32. The molecule has 0 heterocycles. The molecular formula is C10H20. The van der Waals surface area contributed by atoms with Crippen LogP contribution < -0.4 is 0 Å². The van der Waals surface area contributed by atoms with Crippen molar-refractivity contribution in [3.63, 3.8) is 0 Å². The van der Waals surface area contributed by atoms with Crippen molar-refractivity contribution >= 4 is 0 Å². The molecule has 1 fully saturated rings. The molecule has 0 spiro atoms. The molecule has 0 bridgehead atoms. The third-order valence-electron chi connectivity index (χ3n) is 4.69. The smallest absolute Gasteiger partial charge is 0.0272 e. The molecule has 0 aromatic heterocycles. The summed E-state index contributed by atoms with van der Waals surface area (Å²) in [5.74, 6) is 1.78. The Morgan fingerprint density at radius 3 is 1.00 bits per heavy atom. The van der Waals surface area contributed by atoms with Crippen LogP contribution in [0.25, 0.3) is 0 Å². The fraction of sp³-hybridized carbons (Fsp3) is 1.00. The van der Waals surface area contributed by atoms with E-state index in [1.165, 1.54) is 0 Å². The summed E-state index contributed by atoms with van der Waals surface area (Å²) in [5.41, 5.74) is 1.10. The van der Waals surface area contributed by atoms with Crippen LogP contribution in [0.5, 0.6) is 0 Å². The minimum absolute atomic E-state index is 0.548. The highest BCUT2D eigenvalue weighted by Crippen LogP contribution is 2.63. The first-order chi connectivity index (χ1) is 4.32. The maximum Gasteiger partial charge on any atom is -0.0272 e. The van der Waals surface area contributed by atoms with E-state index in [0.717, 1.165) is 11.8 Å². The molecule has 1 aliphatic carbocycles. The van der Waals surface area contributed by atoms with Gasteiger partial charge in [-0.05, 0) is 22.7 Å². The normalized spacial score (nSPS) is 42.6. The molecule has 0 radical (unpaired) electrons. The minimum Gasteiger partial charge on any atom is -0.0617 e. The highest BCUT2D eigenvalue weighted by atomic mass is 14.6. The summed E-state index contributed by atoms with van der Waals surface area (Å²) in [6, 6.07) is 0. The summed E-state index contributed by atoms with van der Waals surface area (Å²) in [6.07, 6.45) is 0. The van der Waals surface area contributed by atoms with Gasteiger partial charge >= 0.3 is 0 Å². The van der Waals surface area contributed by atoms with E-state index in [1.807, 2.05) is 0 Å². The Hall–Kier alpha value is 0. The van der Waals surface area contributed by atoms with Gasteiger partial charge in [0.15, 0.2) is 0 Å². The first kappa shape index (κ1) is 8.10. The van der Waals surface area contributed by atoms with Crippen molar-refractivity contribution in [3.8, 4) is 0 Å². The fourth-order valence-corrected chi connectivity index (χ4v) is 2.33. The summed E-state index contributed by atoms with van der Waals surface area (Å²) < 4.78 is 0. The second-order valence-electron chi connectivity index (χ2n) is 5.02. The van der Waals surface area contributed by atoms with E-state index >= 15 is 0 Å². The summed E-state index contributed by atoms with van der Waals surface area (Å²) in [7, 11) is 0. The molecule has 1 saturated carbocycles. The van der Waals surface area contributed by atoms with Gasteiger partial charge in [0.05, 0.1) is 0 Å². The Bertz CT molecular complexity index is 124. The average molecular weight is 140 g/mol. The Morgan fingerprint density at radius 1 is 0.700 bits per heavy atom. The van der Waals surface area contributed by atoms with Crippen molar-refractivity contribution in [3.05, 3.63) is 0 Å². The molecule has 0 heteroatoms. The molecule has 0 aromatic rings. The zero-order chi connectivity index (χ0) is 8.15. The second-order valence-corrected chi connectivity index (χ2v) is 5.02. The molecule has 0 aliphatic heterocycles. The molecule has 60 valence electrons. The molecule has 0 nitrogen and oxygen atoms in total.